The van der Waals surface area contributed by atoms with Crippen molar-refractivity contribution >= 4 is 61.5 Å². The number of nitrogen functional groups attached to an aromatic ring is 2. The molecule has 5 aromatic heterocycles. The van der Waals surface area contributed by atoms with Gasteiger partial charge in [-0.15, -0.1) is 17.4 Å². The number of aromatic nitrogens is 9. The molecular formula is C41H59Br2N15O4. The van der Waals surface area contributed by atoms with Crippen molar-refractivity contribution in [2.75, 3.05) is 24.6 Å². The zero-order valence-electron chi connectivity index (χ0n) is 34.8. The van der Waals surface area contributed by atoms with Crippen molar-refractivity contribution in [3.63, 3.8) is 0 Å². The number of aromatic amines is 3. The second-order valence-corrected chi connectivity index (χ2v) is 16.6. The number of ether oxygens (including phenoxy) is 1. The summed E-state index contributed by atoms with van der Waals surface area (Å²) in [5.41, 5.74) is 22.7. The van der Waals surface area contributed by atoms with Crippen LogP contribution in [0.1, 0.15) is 124 Å². The summed E-state index contributed by atoms with van der Waals surface area (Å²) < 4.78 is 10.0. The van der Waals surface area contributed by atoms with E-state index in [0.29, 0.717) is 36.8 Å². The van der Waals surface area contributed by atoms with Crippen molar-refractivity contribution in [1.82, 2.24) is 49.8 Å². The summed E-state index contributed by atoms with van der Waals surface area (Å²) >= 11 is 6.55. The number of unbranched alkanes of at least 4 members (excludes halogenated alkanes) is 5. The van der Waals surface area contributed by atoms with Gasteiger partial charge in [-0.25, -0.2) is 19.3 Å². The van der Waals surface area contributed by atoms with E-state index in [2.05, 4.69) is 88.4 Å². The van der Waals surface area contributed by atoms with Gasteiger partial charge in [-0.3, -0.25) is 14.3 Å². The highest BCUT2D eigenvalue weighted by molar-refractivity contribution is 9.10. The standard InChI is InChI=1S/C18H24BrN7O.C15H23N3O2.C7H8BrN5O.CH4/c19-13-9-16(21-10-13)17(27)7-4-8-26-12-15(24-25-26)6-3-1-2-5-14-11-22-18(20)23-14;1-5-6-7-8-9-10-12-11-18(13(16)17-12)14(19)20-15(2,3)4;8-5-3-6(11-4-5)7(14)10-1-2-12-13-9;/h9-12,21H,1-8H2,(H3,20,22,23);1,11H,6-10H2,2-4H3,(H2,16,17);3-4,11H,1-2H2,(H,10,14);1H4. The molecule has 336 valence electrons. The third kappa shape index (κ3) is 20.6. The Morgan fingerprint density at radius 2 is 1.63 bits per heavy atom. The molecule has 1 amide bonds. The summed E-state index contributed by atoms with van der Waals surface area (Å²) in [5.74, 6) is 3.15. The lowest BCUT2D eigenvalue weighted by molar-refractivity contribution is 0.0540. The molecule has 0 aromatic carbocycles. The maximum Gasteiger partial charge on any atom is 0.421 e. The van der Waals surface area contributed by atoms with E-state index in [0.717, 1.165) is 96.7 Å². The molecule has 0 aliphatic carbocycles. The van der Waals surface area contributed by atoms with Crippen LogP contribution in [0.25, 0.3) is 10.4 Å². The second kappa shape index (κ2) is 27.9. The van der Waals surface area contributed by atoms with E-state index in [1.807, 2.05) is 31.6 Å². The molecule has 62 heavy (non-hydrogen) atoms. The number of halogens is 2. The lowest BCUT2D eigenvalue weighted by Crippen LogP contribution is -2.27. The zero-order valence-corrected chi connectivity index (χ0v) is 38.0. The van der Waals surface area contributed by atoms with Crippen LogP contribution in [0, 0.1) is 12.3 Å². The van der Waals surface area contributed by atoms with E-state index >= 15 is 0 Å². The molecule has 5 rings (SSSR count). The highest BCUT2D eigenvalue weighted by atomic mass is 79.9. The Morgan fingerprint density at radius 3 is 2.24 bits per heavy atom. The normalized spacial score (nSPS) is 10.5. The lowest BCUT2D eigenvalue weighted by atomic mass is 10.1. The molecule has 0 atom stereocenters. The van der Waals surface area contributed by atoms with Gasteiger partial charge in [0.1, 0.15) is 11.3 Å². The van der Waals surface area contributed by atoms with Crippen molar-refractivity contribution in [1.29, 1.82) is 0 Å². The number of nitrogens with one attached hydrogen (secondary N) is 4. The number of ketones is 1. The van der Waals surface area contributed by atoms with Crippen LogP contribution in [0.2, 0.25) is 0 Å². The number of azide groups is 1. The van der Waals surface area contributed by atoms with E-state index in [-0.39, 0.29) is 31.6 Å². The van der Waals surface area contributed by atoms with Gasteiger partial charge in [-0.05, 0) is 122 Å². The Morgan fingerprint density at radius 1 is 0.968 bits per heavy atom. The Kier molecular flexibility index (Phi) is 23.5. The number of carbonyl (C=O) groups excluding carboxylic acids is 3. The molecule has 0 bridgehead atoms. The topological polar surface area (TPSA) is 282 Å². The molecule has 19 nitrogen and oxygen atoms in total. The molecule has 0 unspecified atom stereocenters. The van der Waals surface area contributed by atoms with Crippen molar-refractivity contribution in [3.8, 4) is 12.3 Å². The van der Waals surface area contributed by atoms with Gasteiger partial charge >= 0.3 is 6.09 Å². The van der Waals surface area contributed by atoms with Gasteiger partial charge < -0.3 is 36.5 Å². The summed E-state index contributed by atoms with van der Waals surface area (Å²) in [6.07, 6.45) is 24.5. The third-order valence-electron chi connectivity index (χ3n) is 8.43. The number of anilines is 2. The van der Waals surface area contributed by atoms with Crippen LogP contribution in [0.5, 0.6) is 0 Å². The van der Waals surface area contributed by atoms with Crippen molar-refractivity contribution in [2.24, 2.45) is 5.11 Å². The van der Waals surface area contributed by atoms with E-state index < -0.39 is 11.7 Å². The first-order valence-corrected chi connectivity index (χ1v) is 21.4. The predicted octanol–water partition coefficient (Wildman–Crippen LogP) is 8.73. The predicted molar refractivity (Wildman–Crippen MR) is 247 cm³/mol. The van der Waals surface area contributed by atoms with Gasteiger partial charge in [-0.2, -0.15) is 0 Å². The molecule has 0 radical (unpaired) electrons. The van der Waals surface area contributed by atoms with E-state index in [1.165, 1.54) is 4.57 Å². The summed E-state index contributed by atoms with van der Waals surface area (Å²) in [6.45, 7) is 6.71. The molecule has 8 N–H and O–H groups in total. The number of imidazole rings is 2. The number of Topliss-reactive ketones (excluding diaryl/α,β-unsaturated/α-hetero) is 1. The zero-order chi connectivity index (χ0) is 44.6. The highest BCUT2D eigenvalue weighted by Gasteiger charge is 2.20. The van der Waals surface area contributed by atoms with Crippen LogP contribution in [-0.2, 0) is 30.5 Å². The minimum Gasteiger partial charge on any atom is -0.443 e. The maximum absolute atomic E-state index is 12.0. The number of carbonyl (C=O) groups is 3. The Balaban J connectivity index is 0.000000335. The third-order valence-corrected chi connectivity index (χ3v) is 9.35. The summed E-state index contributed by atoms with van der Waals surface area (Å²) in [5, 5.41) is 14.2. The van der Waals surface area contributed by atoms with E-state index in [9.17, 15) is 14.4 Å². The SMILES string of the molecule is C.C#CCCCCCc1cn(C(=O)OC(C)(C)C)c(N)n1.Nc1ncc(CCCCCc2cn(CCCC(=O)c3cc(Br)c[nH]3)nn2)[nH]1.[N-]=[N+]=NCCNC(=O)c1cc(Br)c[nH]1. The average molecular weight is 986 g/mol. The average Bonchev–Trinajstić information content (AvgIpc) is 4.07. The minimum absolute atomic E-state index is 0. The first kappa shape index (κ1) is 52.3. The number of aryl methyl sites for hydroxylation is 4. The maximum atomic E-state index is 12.0. The molecule has 0 aliphatic heterocycles. The van der Waals surface area contributed by atoms with Crippen LogP contribution < -0.4 is 16.8 Å². The summed E-state index contributed by atoms with van der Waals surface area (Å²) in [7, 11) is 0. The molecule has 21 heteroatoms. The Bertz CT molecular complexity index is 2200. The van der Waals surface area contributed by atoms with Gasteiger partial charge in [-0.1, -0.05) is 30.6 Å². The van der Waals surface area contributed by atoms with Crippen molar-refractivity contribution < 1.29 is 19.1 Å². The molecule has 5 heterocycles. The fourth-order valence-electron chi connectivity index (χ4n) is 5.52. The van der Waals surface area contributed by atoms with Gasteiger partial charge in [0.25, 0.3) is 5.91 Å². The smallest absolute Gasteiger partial charge is 0.421 e. The van der Waals surface area contributed by atoms with E-state index in [1.54, 1.807) is 36.9 Å². The van der Waals surface area contributed by atoms with Crippen LogP contribution in [0.3, 0.4) is 0 Å². The summed E-state index contributed by atoms with van der Waals surface area (Å²) in [4.78, 5) is 54.8. The van der Waals surface area contributed by atoms with Crippen molar-refractivity contribution in [2.45, 2.75) is 117 Å². The van der Waals surface area contributed by atoms with Crippen molar-refractivity contribution in [3.05, 3.63) is 91.0 Å². The number of nitrogens with two attached hydrogens (primary N) is 2. The van der Waals surface area contributed by atoms with Gasteiger partial charge in [0.2, 0.25) is 5.95 Å². The Labute approximate surface area is 379 Å². The van der Waals surface area contributed by atoms with Crippen LogP contribution in [-0.4, -0.2) is 81.0 Å². The monoisotopic (exact) mass is 983 g/mol. The molecule has 0 saturated heterocycles. The first-order valence-electron chi connectivity index (χ1n) is 19.9. The molecule has 0 fully saturated rings. The lowest BCUT2D eigenvalue weighted by Gasteiger charge is -2.19. The quantitative estimate of drug-likeness (QED) is 0.0108. The number of nitrogens with zero attached hydrogens (tertiary/aromatic N) is 9. The fourth-order valence-corrected chi connectivity index (χ4v) is 6.21. The van der Waals surface area contributed by atoms with E-state index in [4.69, 9.17) is 28.2 Å². The first-order chi connectivity index (χ1) is 29.2. The number of hydrogen-bond acceptors (Lipinski definition) is 11. The number of terminal acetylenes is 1. The van der Waals surface area contributed by atoms with Gasteiger partial charge in [0.15, 0.2) is 11.7 Å². The number of amides is 1. The summed E-state index contributed by atoms with van der Waals surface area (Å²) in [6, 6.07) is 3.47. The molecule has 0 saturated carbocycles. The van der Waals surface area contributed by atoms with Crippen LogP contribution in [0.15, 0.2) is 57.2 Å². The molecule has 0 spiro atoms. The molecular weight excluding hydrogens is 926 g/mol. The molecule has 5 aromatic rings. The number of rotatable bonds is 20. The van der Waals surface area contributed by atoms with Gasteiger partial charge in [0.05, 0.1) is 23.3 Å². The second-order valence-electron chi connectivity index (χ2n) is 14.7. The van der Waals surface area contributed by atoms with Crippen LogP contribution >= 0.6 is 31.9 Å². The van der Waals surface area contributed by atoms with Gasteiger partial charge in [0, 0.05) is 76.8 Å². The molecule has 0 aliphatic rings. The number of hydrogen-bond donors (Lipinski definition) is 6. The number of H-pyrrole nitrogens is 3. The Hall–Kier alpha value is -5.84. The van der Waals surface area contributed by atoms with Crippen LogP contribution in [0.4, 0.5) is 16.7 Å². The largest absolute Gasteiger partial charge is 0.443 e. The highest BCUT2D eigenvalue weighted by Crippen LogP contribution is 2.16. The fraction of sp³-hybridized carbons (Fsp3) is 0.488. The minimum atomic E-state index is -0.552.